The van der Waals surface area contributed by atoms with Gasteiger partial charge < -0.3 is 10.1 Å². The van der Waals surface area contributed by atoms with Crippen molar-refractivity contribution in [2.75, 3.05) is 11.9 Å². The number of ether oxygens (including phenoxy) is 1. The quantitative estimate of drug-likeness (QED) is 0.864. The Hall–Kier alpha value is -1.98. The van der Waals surface area contributed by atoms with E-state index in [1.54, 1.807) is 0 Å². The lowest BCUT2D eigenvalue weighted by atomic mass is 10.1. The van der Waals surface area contributed by atoms with Crippen LogP contribution in [-0.2, 0) is 14.3 Å². The average Bonchev–Trinajstić information content (AvgIpc) is 2.94. The minimum absolute atomic E-state index is 0.145. The van der Waals surface area contributed by atoms with Crippen LogP contribution in [0, 0.1) is 17.6 Å². The van der Waals surface area contributed by atoms with Gasteiger partial charge >= 0.3 is 5.97 Å². The lowest BCUT2D eigenvalue weighted by molar-refractivity contribution is -0.151. The van der Waals surface area contributed by atoms with E-state index in [1.165, 1.54) is 0 Å². The van der Waals surface area contributed by atoms with Crippen molar-refractivity contribution in [2.24, 2.45) is 5.92 Å². The first-order valence-electron chi connectivity index (χ1n) is 6.48. The second-order valence-electron chi connectivity index (χ2n) is 4.76. The summed E-state index contributed by atoms with van der Waals surface area (Å²) in [6, 6.07) is 2.73. The van der Waals surface area contributed by atoms with E-state index >= 15 is 0 Å². The highest BCUT2D eigenvalue weighted by atomic mass is 19.1. The zero-order valence-electron chi connectivity index (χ0n) is 10.8. The molecule has 0 heterocycles. The first-order valence-corrected chi connectivity index (χ1v) is 6.48. The molecule has 20 heavy (non-hydrogen) atoms. The van der Waals surface area contributed by atoms with E-state index in [-0.39, 0.29) is 11.6 Å². The Morgan fingerprint density at radius 2 is 1.95 bits per heavy atom. The molecule has 0 saturated heterocycles. The molecule has 108 valence electrons. The fraction of sp³-hybridized carbons (Fsp3) is 0.429. The number of rotatable bonds is 4. The van der Waals surface area contributed by atoms with Crippen molar-refractivity contribution in [3.05, 3.63) is 29.8 Å². The molecular formula is C14H15F2NO3. The number of hydrogen-bond donors (Lipinski definition) is 1. The summed E-state index contributed by atoms with van der Waals surface area (Å²) in [4.78, 5) is 23.1. The largest absolute Gasteiger partial charge is 0.455 e. The van der Waals surface area contributed by atoms with E-state index in [4.69, 9.17) is 4.74 Å². The van der Waals surface area contributed by atoms with Crippen LogP contribution in [0.3, 0.4) is 0 Å². The molecule has 1 aromatic carbocycles. The van der Waals surface area contributed by atoms with Crippen molar-refractivity contribution in [3.8, 4) is 0 Å². The molecular weight excluding hydrogens is 268 g/mol. The third kappa shape index (κ3) is 3.76. The van der Waals surface area contributed by atoms with Gasteiger partial charge in [0.1, 0.15) is 11.6 Å². The van der Waals surface area contributed by atoms with Gasteiger partial charge in [-0.05, 0) is 25.0 Å². The molecule has 0 aliphatic heterocycles. The molecule has 1 N–H and O–H groups in total. The maximum absolute atomic E-state index is 13.3. The number of carbonyl (C=O) groups excluding carboxylic acids is 2. The maximum Gasteiger partial charge on any atom is 0.309 e. The summed E-state index contributed by atoms with van der Waals surface area (Å²) in [5, 5.41) is 2.17. The summed E-state index contributed by atoms with van der Waals surface area (Å²) in [6.07, 6.45) is 3.53. The first-order chi connectivity index (χ1) is 9.56. The summed E-state index contributed by atoms with van der Waals surface area (Å²) in [5.41, 5.74) is -0.271. The van der Waals surface area contributed by atoms with Crippen molar-refractivity contribution in [1.29, 1.82) is 0 Å². The van der Waals surface area contributed by atoms with Crippen molar-refractivity contribution in [3.63, 3.8) is 0 Å². The predicted octanol–water partition coefficient (Wildman–Crippen LogP) is 2.64. The van der Waals surface area contributed by atoms with Gasteiger partial charge in [0, 0.05) is 6.07 Å². The molecule has 1 aromatic rings. The van der Waals surface area contributed by atoms with Crippen LogP contribution in [0.15, 0.2) is 18.2 Å². The van der Waals surface area contributed by atoms with Crippen molar-refractivity contribution >= 4 is 17.6 Å². The van der Waals surface area contributed by atoms with Crippen molar-refractivity contribution < 1.29 is 23.1 Å². The fourth-order valence-electron chi connectivity index (χ4n) is 2.20. The molecule has 6 heteroatoms. The summed E-state index contributed by atoms with van der Waals surface area (Å²) in [6.45, 7) is -0.495. The van der Waals surface area contributed by atoms with Gasteiger partial charge in [0.15, 0.2) is 6.61 Å². The van der Waals surface area contributed by atoms with E-state index in [2.05, 4.69) is 5.32 Å². The van der Waals surface area contributed by atoms with E-state index in [1.807, 2.05) is 0 Å². The van der Waals surface area contributed by atoms with Gasteiger partial charge in [-0.25, -0.2) is 8.78 Å². The number of esters is 1. The van der Waals surface area contributed by atoms with Crippen LogP contribution >= 0.6 is 0 Å². The van der Waals surface area contributed by atoms with E-state index in [0.717, 1.165) is 43.9 Å². The Bertz CT molecular complexity index is 513. The first kappa shape index (κ1) is 14.4. The Morgan fingerprint density at radius 1 is 1.25 bits per heavy atom. The molecule has 1 saturated carbocycles. The average molecular weight is 283 g/mol. The van der Waals surface area contributed by atoms with Crippen molar-refractivity contribution in [2.45, 2.75) is 25.7 Å². The Labute approximate surface area is 115 Å². The summed E-state index contributed by atoms with van der Waals surface area (Å²) in [5.74, 6) is -2.65. The van der Waals surface area contributed by atoms with E-state index < -0.39 is 30.1 Å². The second kappa shape index (κ2) is 6.45. The smallest absolute Gasteiger partial charge is 0.309 e. The van der Waals surface area contributed by atoms with Gasteiger partial charge in [0.05, 0.1) is 11.6 Å². The topological polar surface area (TPSA) is 55.4 Å². The summed E-state index contributed by atoms with van der Waals surface area (Å²) < 4.78 is 31.1. The molecule has 0 aromatic heterocycles. The minimum atomic E-state index is -0.748. The molecule has 2 rings (SSSR count). The molecule has 1 aliphatic rings. The maximum atomic E-state index is 13.3. The highest BCUT2D eigenvalue weighted by Crippen LogP contribution is 2.25. The van der Waals surface area contributed by atoms with Gasteiger partial charge in [0.2, 0.25) is 0 Å². The molecule has 0 radical (unpaired) electrons. The Morgan fingerprint density at radius 3 is 2.65 bits per heavy atom. The molecule has 0 bridgehead atoms. The highest BCUT2D eigenvalue weighted by Gasteiger charge is 2.24. The van der Waals surface area contributed by atoms with Gasteiger partial charge in [-0.1, -0.05) is 12.8 Å². The monoisotopic (exact) mass is 283 g/mol. The van der Waals surface area contributed by atoms with Crippen LogP contribution in [0.25, 0.3) is 0 Å². The van der Waals surface area contributed by atoms with E-state index in [0.29, 0.717) is 0 Å². The second-order valence-corrected chi connectivity index (χ2v) is 4.76. The molecule has 4 nitrogen and oxygen atoms in total. The molecule has 0 unspecified atom stereocenters. The molecule has 0 atom stereocenters. The molecule has 1 fully saturated rings. The van der Waals surface area contributed by atoms with Crippen molar-refractivity contribution in [1.82, 2.24) is 0 Å². The predicted molar refractivity (Wildman–Crippen MR) is 67.9 cm³/mol. The number of hydrogen-bond acceptors (Lipinski definition) is 3. The summed E-state index contributed by atoms with van der Waals surface area (Å²) >= 11 is 0. The molecule has 1 aliphatic carbocycles. The van der Waals surface area contributed by atoms with Gasteiger partial charge in [-0.2, -0.15) is 0 Å². The number of anilines is 1. The van der Waals surface area contributed by atoms with Crippen LogP contribution in [0.1, 0.15) is 25.7 Å². The molecule has 0 spiro atoms. The van der Waals surface area contributed by atoms with Crippen LogP contribution in [-0.4, -0.2) is 18.5 Å². The highest BCUT2D eigenvalue weighted by molar-refractivity contribution is 5.93. The Kier molecular flexibility index (Phi) is 4.65. The third-order valence-corrected chi connectivity index (χ3v) is 3.24. The number of carbonyl (C=O) groups is 2. The van der Waals surface area contributed by atoms with Gasteiger partial charge in [-0.3, -0.25) is 9.59 Å². The zero-order valence-corrected chi connectivity index (χ0v) is 10.8. The van der Waals surface area contributed by atoms with Crippen LogP contribution < -0.4 is 5.32 Å². The summed E-state index contributed by atoms with van der Waals surface area (Å²) in [7, 11) is 0. The lowest BCUT2D eigenvalue weighted by Crippen LogP contribution is -2.24. The Balaban J connectivity index is 1.83. The lowest BCUT2D eigenvalue weighted by Gasteiger charge is -2.10. The normalized spacial score (nSPS) is 15.1. The van der Waals surface area contributed by atoms with Crippen LogP contribution in [0.2, 0.25) is 0 Å². The number of halogens is 2. The number of benzene rings is 1. The van der Waals surface area contributed by atoms with Crippen LogP contribution in [0.4, 0.5) is 14.5 Å². The van der Waals surface area contributed by atoms with E-state index in [9.17, 15) is 18.4 Å². The number of nitrogens with one attached hydrogen (secondary N) is 1. The van der Waals surface area contributed by atoms with Gasteiger partial charge in [-0.15, -0.1) is 0 Å². The van der Waals surface area contributed by atoms with Crippen LogP contribution in [0.5, 0.6) is 0 Å². The molecule has 1 amide bonds. The minimum Gasteiger partial charge on any atom is -0.455 e. The third-order valence-electron chi connectivity index (χ3n) is 3.24. The zero-order chi connectivity index (χ0) is 14.5. The standard InChI is InChI=1S/C14H15F2NO3/c15-10-5-6-11(16)12(7-10)17-13(18)8-20-14(19)9-3-1-2-4-9/h5-7,9H,1-4,8H2,(H,17,18). The van der Waals surface area contributed by atoms with Gasteiger partial charge in [0.25, 0.3) is 5.91 Å². The SMILES string of the molecule is O=C(COC(=O)C1CCCC1)Nc1cc(F)ccc1F. The fourth-order valence-corrected chi connectivity index (χ4v) is 2.20. The number of amides is 1.